The number of nitrogens with two attached hydrogens (primary N) is 1. The SMILES string of the molecule is Cl.NCCCCNC(=O)C1CCCN(C(=O)NC2CCCC2)C1. The molecule has 0 spiro atoms. The maximum atomic E-state index is 12.3. The summed E-state index contributed by atoms with van der Waals surface area (Å²) in [6.07, 6.45) is 8.21. The number of amides is 3. The molecule has 1 atom stereocenters. The first-order valence-corrected chi connectivity index (χ1v) is 8.74. The predicted molar refractivity (Wildman–Crippen MR) is 93.6 cm³/mol. The van der Waals surface area contributed by atoms with Crippen LogP contribution in [0.2, 0.25) is 0 Å². The first-order chi connectivity index (χ1) is 10.7. The Kier molecular flexibility index (Phi) is 9.33. The highest BCUT2D eigenvalue weighted by molar-refractivity contribution is 5.85. The van der Waals surface area contributed by atoms with Crippen LogP contribution in [0.5, 0.6) is 0 Å². The molecular weight excluding hydrogens is 316 g/mol. The number of halogens is 1. The van der Waals surface area contributed by atoms with Gasteiger partial charge in [-0.05, 0) is 45.1 Å². The van der Waals surface area contributed by atoms with Crippen molar-refractivity contribution >= 4 is 24.3 Å². The molecule has 0 radical (unpaired) electrons. The second kappa shape index (κ2) is 10.7. The van der Waals surface area contributed by atoms with Gasteiger partial charge in [-0.2, -0.15) is 0 Å². The van der Waals surface area contributed by atoms with Crippen molar-refractivity contribution in [3.63, 3.8) is 0 Å². The summed E-state index contributed by atoms with van der Waals surface area (Å²) in [7, 11) is 0. The Bertz CT molecular complexity index is 375. The van der Waals surface area contributed by atoms with Crippen LogP contribution in [0.25, 0.3) is 0 Å². The summed E-state index contributed by atoms with van der Waals surface area (Å²) < 4.78 is 0. The van der Waals surface area contributed by atoms with Gasteiger partial charge in [-0.1, -0.05) is 12.8 Å². The van der Waals surface area contributed by atoms with Crippen molar-refractivity contribution in [1.82, 2.24) is 15.5 Å². The molecule has 134 valence electrons. The van der Waals surface area contributed by atoms with Crippen LogP contribution in [0.4, 0.5) is 4.79 Å². The fraction of sp³-hybridized carbons (Fsp3) is 0.875. The van der Waals surface area contributed by atoms with Gasteiger partial charge in [0.25, 0.3) is 0 Å². The number of unbranched alkanes of at least 4 members (excludes halogenated alkanes) is 1. The fourth-order valence-electron chi connectivity index (χ4n) is 3.34. The molecule has 1 saturated carbocycles. The molecule has 1 aliphatic carbocycles. The van der Waals surface area contributed by atoms with E-state index in [-0.39, 0.29) is 30.3 Å². The first-order valence-electron chi connectivity index (χ1n) is 8.74. The van der Waals surface area contributed by atoms with Crippen molar-refractivity contribution in [2.45, 2.75) is 57.4 Å². The molecule has 0 aromatic carbocycles. The standard InChI is InChI=1S/C16H30N4O2.ClH/c17-9-3-4-10-18-15(21)13-6-5-11-20(12-13)16(22)19-14-7-1-2-8-14;/h13-14H,1-12,17H2,(H,18,21)(H,19,22);1H. The lowest BCUT2D eigenvalue weighted by molar-refractivity contribution is -0.126. The van der Waals surface area contributed by atoms with Crippen molar-refractivity contribution in [2.24, 2.45) is 11.7 Å². The second-order valence-corrected chi connectivity index (χ2v) is 6.50. The third kappa shape index (κ3) is 6.55. The number of piperidine rings is 1. The molecule has 7 heteroatoms. The van der Waals surface area contributed by atoms with Gasteiger partial charge in [0.2, 0.25) is 5.91 Å². The Balaban J connectivity index is 0.00000264. The highest BCUT2D eigenvalue weighted by atomic mass is 35.5. The molecule has 1 unspecified atom stereocenters. The number of likely N-dealkylation sites (tertiary alicyclic amines) is 1. The van der Waals surface area contributed by atoms with E-state index in [0.29, 0.717) is 25.7 Å². The monoisotopic (exact) mass is 346 g/mol. The minimum Gasteiger partial charge on any atom is -0.356 e. The van der Waals surface area contributed by atoms with E-state index < -0.39 is 0 Å². The number of urea groups is 1. The third-order valence-corrected chi connectivity index (χ3v) is 4.69. The van der Waals surface area contributed by atoms with Gasteiger partial charge in [0.15, 0.2) is 0 Å². The zero-order valence-corrected chi connectivity index (χ0v) is 14.7. The van der Waals surface area contributed by atoms with Crippen molar-refractivity contribution in [3.8, 4) is 0 Å². The minimum absolute atomic E-state index is 0. The molecule has 4 N–H and O–H groups in total. The van der Waals surface area contributed by atoms with E-state index in [2.05, 4.69) is 10.6 Å². The number of nitrogens with one attached hydrogen (secondary N) is 2. The van der Waals surface area contributed by atoms with Gasteiger partial charge in [-0.15, -0.1) is 12.4 Å². The number of nitrogens with zero attached hydrogens (tertiary/aromatic N) is 1. The van der Waals surface area contributed by atoms with E-state index in [0.717, 1.165) is 45.1 Å². The molecule has 0 aromatic rings. The molecule has 2 rings (SSSR count). The summed E-state index contributed by atoms with van der Waals surface area (Å²) >= 11 is 0. The highest BCUT2D eigenvalue weighted by Crippen LogP contribution is 2.20. The molecule has 0 aromatic heterocycles. The lowest BCUT2D eigenvalue weighted by Gasteiger charge is -2.33. The van der Waals surface area contributed by atoms with Gasteiger partial charge in [-0.3, -0.25) is 4.79 Å². The average molecular weight is 347 g/mol. The number of hydrogen-bond acceptors (Lipinski definition) is 3. The van der Waals surface area contributed by atoms with Crippen molar-refractivity contribution in [1.29, 1.82) is 0 Å². The largest absolute Gasteiger partial charge is 0.356 e. The molecule has 0 bridgehead atoms. The van der Waals surface area contributed by atoms with Gasteiger partial charge < -0.3 is 21.3 Å². The Labute approximate surface area is 145 Å². The molecule has 2 aliphatic rings. The molecule has 2 fully saturated rings. The lowest BCUT2D eigenvalue weighted by atomic mass is 9.97. The van der Waals surface area contributed by atoms with Crippen molar-refractivity contribution in [2.75, 3.05) is 26.2 Å². The van der Waals surface area contributed by atoms with Crippen LogP contribution in [-0.2, 0) is 4.79 Å². The van der Waals surface area contributed by atoms with Crippen LogP contribution in [-0.4, -0.2) is 49.1 Å². The topological polar surface area (TPSA) is 87.5 Å². The highest BCUT2D eigenvalue weighted by Gasteiger charge is 2.29. The molecule has 23 heavy (non-hydrogen) atoms. The summed E-state index contributed by atoms with van der Waals surface area (Å²) in [4.78, 5) is 26.3. The third-order valence-electron chi connectivity index (χ3n) is 4.69. The lowest BCUT2D eigenvalue weighted by Crippen LogP contribution is -2.50. The minimum atomic E-state index is -0.0686. The Morgan fingerprint density at radius 2 is 1.83 bits per heavy atom. The van der Waals surface area contributed by atoms with Gasteiger partial charge in [-0.25, -0.2) is 4.79 Å². The Hall–Kier alpha value is -1.01. The zero-order chi connectivity index (χ0) is 15.8. The zero-order valence-electron chi connectivity index (χ0n) is 13.9. The summed E-state index contributed by atoms with van der Waals surface area (Å²) in [6.45, 7) is 2.64. The van der Waals surface area contributed by atoms with Gasteiger partial charge in [0, 0.05) is 25.7 Å². The van der Waals surface area contributed by atoms with Crippen molar-refractivity contribution < 1.29 is 9.59 Å². The van der Waals surface area contributed by atoms with Gasteiger partial charge in [0.05, 0.1) is 5.92 Å². The maximum absolute atomic E-state index is 12.3. The van der Waals surface area contributed by atoms with Crippen LogP contribution >= 0.6 is 12.4 Å². The van der Waals surface area contributed by atoms with Gasteiger partial charge >= 0.3 is 6.03 Å². The van der Waals surface area contributed by atoms with E-state index in [1.165, 1.54) is 12.8 Å². The van der Waals surface area contributed by atoms with E-state index in [1.807, 2.05) is 4.90 Å². The predicted octanol–water partition coefficient (Wildman–Crippen LogP) is 1.63. The van der Waals surface area contributed by atoms with Crippen LogP contribution < -0.4 is 16.4 Å². The number of carbonyl (C=O) groups is 2. The Morgan fingerprint density at radius 3 is 2.52 bits per heavy atom. The van der Waals surface area contributed by atoms with Crippen molar-refractivity contribution in [3.05, 3.63) is 0 Å². The first kappa shape index (κ1) is 20.0. The number of carbonyl (C=O) groups excluding carboxylic acids is 2. The summed E-state index contributed by atoms with van der Waals surface area (Å²) in [5.74, 6) is 0.0105. The van der Waals surface area contributed by atoms with E-state index in [9.17, 15) is 9.59 Å². The summed E-state index contributed by atoms with van der Waals surface area (Å²) in [5, 5.41) is 6.08. The molecule has 1 heterocycles. The van der Waals surface area contributed by atoms with E-state index in [4.69, 9.17) is 5.73 Å². The molecule has 3 amide bonds. The van der Waals surface area contributed by atoms with Crippen LogP contribution in [0.1, 0.15) is 51.4 Å². The molecule has 1 saturated heterocycles. The summed E-state index contributed by atoms with van der Waals surface area (Å²) in [6, 6.07) is 0.338. The smallest absolute Gasteiger partial charge is 0.317 e. The number of rotatable bonds is 6. The normalized spacial score (nSPS) is 21.6. The van der Waals surface area contributed by atoms with E-state index >= 15 is 0 Å². The fourth-order valence-corrected chi connectivity index (χ4v) is 3.34. The van der Waals surface area contributed by atoms with Gasteiger partial charge in [0.1, 0.15) is 0 Å². The van der Waals surface area contributed by atoms with Crippen LogP contribution in [0, 0.1) is 5.92 Å². The maximum Gasteiger partial charge on any atom is 0.317 e. The van der Waals surface area contributed by atoms with Crippen LogP contribution in [0.15, 0.2) is 0 Å². The molecule has 1 aliphatic heterocycles. The quantitative estimate of drug-likeness (QED) is 0.639. The number of hydrogen-bond donors (Lipinski definition) is 3. The molecule has 6 nitrogen and oxygen atoms in total. The van der Waals surface area contributed by atoms with E-state index in [1.54, 1.807) is 0 Å². The average Bonchev–Trinajstić information content (AvgIpc) is 3.04. The summed E-state index contributed by atoms with van der Waals surface area (Å²) in [5.41, 5.74) is 5.44. The second-order valence-electron chi connectivity index (χ2n) is 6.50. The van der Waals surface area contributed by atoms with Crippen LogP contribution in [0.3, 0.4) is 0 Å². The molecular formula is C16H31ClN4O2. The Morgan fingerprint density at radius 1 is 1.09 bits per heavy atom.